The van der Waals surface area contributed by atoms with Gasteiger partial charge in [0.1, 0.15) is 17.6 Å². The van der Waals surface area contributed by atoms with E-state index in [2.05, 4.69) is 4.98 Å². The SMILES string of the molecule is O=C1C(=O)N(CCc2ccc(Cl)cc2)C(c2ccco2)/C1=C(/O)c1c[nH]c2ccccc12. The number of nitrogens with zero attached hydrogens (tertiary/aromatic N) is 1. The van der Waals surface area contributed by atoms with Crippen molar-refractivity contribution in [2.24, 2.45) is 0 Å². The van der Waals surface area contributed by atoms with Gasteiger partial charge in [0.2, 0.25) is 0 Å². The number of aromatic amines is 1. The number of Topliss-reactive ketones (excluding diaryl/α,β-unsaturated/α-hetero) is 1. The number of benzene rings is 2. The highest BCUT2D eigenvalue weighted by Crippen LogP contribution is 2.40. The molecular formula is C25H19ClN2O4. The Labute approximate surface area is 188 Å². The zero-order valence-corrected chi connectivity index (χ0v) is 17.7. The van der Waals surface area contributed by atoms with E-state index in [1.54, 1.807) is 30.5 Å². The van der Waals surface area contributed by atoms with Crippen molar-refractivity contribution in [2.75, 3.05) is 6.54 Å². The van der Waals surface area contributed by atoms with Crippen LogP contribution in [0.5, 0.6) is 0 Å². The molecule has 1 fully saturated rings. The second kappa shape index (κ2) is 8.05. The molecule has 7 heteroatoms. The summed E-state index contributed by atoms with van der Waals surface area (Å²) in [7, 11) is 0. The molecule has 2 N–H and O–H groups in total. The number of aromatic nitrogens is 1. The first-order valence-corrected chi connectivity index (χ1v) is 10.5. The summed E-state index contributed by atoms with van der Waals surface area (Å²) in [6, 6.07) is 17.4. The van der Waals surface area contributed by atoms with Gasteiger partial charge in [-0.05, 0) is 42.3 Å². The molecule has 3 heterocycles. The van der Waals surface area contributed by atoms with Gasteiger partial charge in [-0.2, -0.15) is 0 Å². The van der Waals surface area contributed by atoms with Gasteiger partial charge in [0.15, 0.2) is 0 Å². The number of hydrogen-bond acceptors (Lipinski definition) is 4. The summed E-state index contributed by atoms with van der Waals surface area (Å²) in [5.41, 5.74) is 2.28. The van der Waals surface area contributed by atoms with E-state index in [1.165, 1.54) is 11.2 Å². The maximum Gasteiger partial charge on any atom is 0.295 e. The van der Waals surface area contributed by atoms with E-state index >= 15 is 0 Å². The zero-order chi connectivity index (χ0) is 22.2. The van der Waals surface area contributed by atoms with Gasteiger partial charge in [0.25, 0.3) is 11.7 Å². The number of aliphatic hydroxyl groups excluding tert-OH is 1. The predicted octanol–water partition coefficient (Wildman–Crippen LogP) is 5.08. The topological polar surface area (TPSA) is 86.5 Å². The summed E-state index contributed by atoms with van der Waals surface area (Å²) in [4.78, 5) is 30.6. The highest BCUT2D eigenvalue weighted by Gasteiger charge is 2.47. The van der Waals surface area contributed by atoms with Crippen molar-refractivity contribution in [2.45, 2.75) is 12.5 Å². The molecule has 1 atom stereocenters. The lowest BCUT2D eigenvalue weighted by atomic mass is 9.99. The van der Waals surface area contributed by atoms with Crippen LogP contribution in [0.3, 0.4) is 0 Å². The molecule has 6 nitrogen and oxygen atoms in total. The molecule has 0 spiro atoms. The molecule has 1 aliphatic rings. The molecule has 0 radical (unpaired) electrons. The molecule has 4 aromatic rings. The van der Waals surface area contributed by atoms with Crippen molar-refractivity contribution >= 4 is 40.0 Å². The second-order valence-corrected chi connectivity index (χ2v) is 8.07. The van der Waals surface area contributed by atoms with Gasteiger partial charge in [-0.3, -0.25) is 9.59 Å². The number of ketones is 1. The number of carbonyl (C=O) groups excluding carboxylic acids is 2. The number of para-hydroxylation sites is 1. The highest BCUT2D eigenvalue weighted by molar-refractivity contribution is 6.46. The summed E-state index contributed by atoms with van der Waals surface area (Å²) >= 11 is 5.96. The number of furan rings is 1. The molecule has 0 aliphatic carbocycles. The quantitative estimate of drug-likeness (QED) is 0.254. The van der Waals surface area contributed by atoms with Crippen LogP contribution in [0.25, 0.3) is 16.7 Å². The van der Waals surface area contributed by atoms with E-state index in [1.807, 2.05) is 36.4 Å². The van der Waals surface area contributed by atoms with Crippen LogP contribution in [-0.2, 0) is 16.0 Å². The van der Waals surface area contributed by atoms with E-state index in [-0.39, 0.29) is 17.9 Å². The molecule has 2 aromatic carbocycles. The Morgan fingerprint density at radius 1 is 1.06 bits per heavy atom. The molecule has 1 aliphatic heterocycles. The predicted molar refractivity (Wildman–Crippen MR) is 121 cm³/mol. The van der Waals surface area contributed by atoms with Gasteiger partial charge in [0, 0.05) is 34.2 Å². The Bertz CT molecular complexity index is 1340. The minimum absolute atomic E-state index is 0.0193. The fraction of sp³-hybridized carbons (Fsp3) is 0.120. The summed E-state index contributed by atoms with van der Waals surface area (Å²) in [6.07, 6.45) is 3.65. The molecule has 1 saturated heterocycles. The zero-order valence-electron chi connectivity index (χ0n) is 16.9. The number of amides is 1. The van der Waals surface area contributed by atoms with Gasteiger partial charge in [0.05, 0.1) is 11.8 Å². The van der Waals surface area contributed by atoms with Gasteiger partial charge in [-0.25, -0.2) is 0 Å². The number of aliphatic hydroxyl groups is 1. The molecule has 1 unspecified atom stereocenters. The standard InChI is InChI=1S/C25H19ClN2O4/c26-16-9-7-15(8-10-16)11-12-28-22(20-6-3-13-32-20)21(24(30)25(28)31)23(29)18-14-27-19-5-2-1-4-17(18)19/h1-10,13-14,22,27,29H,11-12H2/b23-21-. The molecule has 1 amide bonds. The fourth-order valence-corrected chi connectivity index (χ4v) is 4.29. The first-order valence-electron chi connectivity index (χ1n) is 10.2. The summed E-state index contributed by atoms with van der Waals surface area (Å²) in [5, 5.41) is 12.6. The monoisotopic (exact) mass is 446 g/mol. The lowest BCUT2D eigenvalue weighted by molar-refractivity contribution is -0.140. The maximum absolute atomic E-state index is 13.1. The van der Waals surface area contributed by atoms with Crippen molar-refractivity contribution in [3.05, 3.63) is 101 Å². The Morgan fingerprint density at radius 2 is 1.84 bits per heavy atom. The summed E-state index contributed by atoms with van der Waals surface area (Å²) < 4.78 is 5.58. The Balaban J connectivity index is 1.57. The number of nitrogens with one attached hydrogen (secondary N) is 1. The second-order valence-electron chi connectivity index (χ2n) is 7.63. The van der Waals surface area contributed by atoms with Crippen molar-refractivity contribution in [1.82, 2.24) is 9.88 Å². The van der Waals surface area contributed by atoms with Crippen molar-refractivity contribution in [1.29, 1.82) is 0 Å². The van der Waals surface area contributed by atoms with Crippen LogP contribution < -0.4 is 0 Å². The average Bonchev–Trinajstić information content (AvgIpc) is 3.53. The molecule has 2 aromatic heterocycles. The van der Waals surface area contributed by atoms with E-state index in [9.17, 15) is 14.7 Å². The number of hydrogen-bond donors (Lipinski definition) is 2. The lowest BCUT2D eigenvalue weighted by Gasteiger charge is -2.23. The van der Waals surface area contributed by atoms with Crippen molar-refractivity contribution < 1.29 is 19.1 Å². The van der Waals surface area contributed by atoms with Crippen LogP contribution in [0, 0.1) is 0 Å². The number of halogens is 1. The largest absolute Gasteiger partial charge is 0.507 e. The van der Waals surface area contributed by atoms with Crippen molar-refractivity contribution in [3.8, 4) is 0 Å². The first kappa shape index (κ1) is 20.2. The van der Waals surface area contributed by atoms with Crippen LogP contribution in [-0.4, -0.2) is 33.2 Å². The van der Waals surface area contributed by atoms with Gasteiger partial charge >= 0.3 is 0 Å². The highest BCUT2D eigenvalue weighted by atomic mass is 35.5. The average molecular weight is 447 g/mol. The first-order chi connectivity index (χ1) is 15.5. The molecule has 5 rings (SSSR count). The number of H-pyrrole nitrogens is 1. The minimum atomic E-state index is -0.814. The number of carbonyl (C=O) groups is 2. The Hall–Kier alpha value is -3.77. The molecular weight excluding hydrogens is 428 g/mol. The Kier molecular flexibility index (Phi) is 5.07. The normalized spacial score (nSPS) is 18.0. The molecule has 0 saturated carbocycles. The number of likely N-dealkylation sites (tertiary alicyclic amines) is 1. The van der Waals surface area contributed by atoms with Crippen LogP contribution in [0.4, 0.5) is 0 Å². The molecule has 32 heavy (non-hydrogen) atoms. The number of rotatable bonds is 5. The summed E-state index contributed by atoms with van der Waals surface area (Å²) in [6.45, 7) is 0.280. The van der Waals surface area contributed by atoms with Crippen LogP contribution in [0.1, 0.15) is 22.9 Å². The van der Waals surface area contributed by atoms with E-state index in [0.717, 1.165) is 16.5 Å². The lowest BCUT2D eigenvalue weighted by Crippen LogP contribution is -2.31. The third kappa shape index (κ3) is 3.39. The Morgan fingerprint density at radius 3 is 2.59 bits per heavy atom. The molecule has 160 valence electrons. The smallest absolute Gasteiger partial charge is 0.295 e. The van der Waals surface area contributed by atoms with Crippen molar-refractivity contribution in [3.63, 3.8) is 0 Å². The summed E-state index contributed by atoms with van der Waals surface area (Å²) in [5.74, 6) is -1.20. The van der Waals surface area contributed by atoms with Crippen LogP contribution in [0.15, 0.2) is 83.1 Å². The maximum atomic E-state index is 13.1. The minimum Gasteiger partial charge on any atom is -0.507 e. The third-order valence-electron chi connectivity index (χ3n) is 5.75. The van der Waals surface area contributed by atoms with Gasteiger partial charge in [-0.15, -0.1) is 0 Å². The van der Waals surface area contributed by atoms with E-state index in [0.29, 0.717) is 22.8 Å². The third-order valence-corrected chi connectivity index (χ3v) is 6.00. The number of fused-ring (bicyclic) bond motifs is 1. The van der Waals surface area contributed by atoms with Crippen LogP contribution in [0.2, 0.25) is 5.02 Å². The van der Waals surface area contributed by atoms with Crippen LogP contribution >= 0.6 is 11.6 Å². The fourth-order valence-electron chi connectivity index (χ4n) is 4.17. The van der Waals surface area contributed by atoms with E-state index in [4.69, 9.17) is 16.0 Å². The molecule has 0 bridgehead atoms. The van der Waals surface area contributed by atoms with Gasteiger partial charge in [-0.1, -0.05) is 41.9 Å². The van der Waals surface area contributed by atoms with Gasteiger partial charge < -0.3 is 19.4 Å². The van der Waals surface area contributed by atoms with E-state index < -0.39 is 17.7 Å².